The number of aromatic amines is 1. The number of hydrogen-bond acceptors (Lipinski definition) is 2. The molecule has 0 fully saturated rings. The number of nitrogen functional groups attached to an aromatic ring is 1. The van der Waals surface area contributed by atoms with Crippen molar-refractivity contribution >= 4 is 5.82 Å². The smallest absolute Gasteiger partial charge is 0.148 e. The zero-order valence-corrected chi connectivity index (χ0v) is 8.84. The van der Waals surface area contributed by atoms with E-state index in [1.165, 1.54) is 24.8 Å². The molecule has 1 rings (SSSR count). The summed E-state index contributed by atoms with van der Waals surface area (Å²) in [4.78, 5) is 0. The van der Waals surface area contributed by atoms with Crippen LogP contribution in [0.5, 0.6) is 0 Å². The molecule has 3 heteroatoms. The molecule has 0 aliphatic heterocycles. The molecule has 0 atom stereocenters. The fourth-order valence-corrected chi connectivity index (χ4v) is 1.56. The summed E-state index contributed by atoms with van der Waals surface area (Å²) in [7, 11) is 0. The summed E-state index contributed by atoms with van der Waals surface area (Å²) in [6, 6.07) is 0. The first-order valence-electron chi connectivity index (χ1n) is 5.22. The molecule has 0 bridgehead atoms. The van der Waals surface area contributed by atoms with Crippen LogP contribution in [0.4, 0.5) is 5.82 Å². The Hall–Kier alpha value is -1.25. The highest BCUT2D eigenvalue weighted by atomic mass is 15.2. The number of nitrogens with zero attached hydrogens (tertiary/aromatic N) is 1. The van der Waals surface area contributed by atoms with Crippen LogP contribution in [0, 0.1) is 0 Å². The van der Waals surface area contributed by atoms with Crippen molar-refractivity contribution in [3.05, 3.63) is 23.9 Å². The number of rotatable bonds is 6. The van der Waals surface area contributed by atoms with Gasteiger partial charge in [0, 0.05) is 17.7 Å². The largest absolute Gasteiger partial charge is 0.382 e. The third-order valence-electron chi connectivity index (χ3n) is 2.36. The van der Waals surface area contributed by atoms with Crippen molar-refractivity contribution in [1.29, 1.82) is 0 Å². The average molecular weight is 193 g/mol. The molecule has 0 saturated heterocycles. The Kier molecular flexibility index (Phi) is 4.23. The maximum atomic E-state index is 5.78. The van der Waals surface area contributed by atoms with Gasteiger partial charge in [0.1, 0.15) is 5.82 Å². The molecule has 0 aliphatic carbocycles. The number of aromatic nitrogens is 2. The predicted molar refractivity (Wildman–Crippen MR) is 60.1 cm³/mol. The summed E-state index contributed by atoms with van der Waals surface area (Å²) >= 11 is 0. The first-order valence-corrected chi connectivity index (χ1v) is 5.22. The van der Waals surface area contributed by atoms with Gasteiger partial charge in [0.25, 0.3) is 0 Å². The van der Waals surface area contributed by atoms with Gasteiger partial charge in [-0.15, -0.1) is 6.58 Å². The van der Waals surface area contributed by atoms with Crippen LogP contribution in [0.2, 0.25) is 0 Å². The van der Waals surface area contributed by atoms with Crippen LogP contribution < -0.4 is 5.73 Å². The van der Waals surface area contributed by atoms with E-state index in [2.05, 4.69) is 23.7 Å². The fourth-order valence-electron chi connectivity index (χ4n) is 1.56. The van der Waals surface area contributed by atoms with Gasteiger partial charge in [0.15, 0.2) is 0 Å². The van der Waals surface area contributed by atoms with E-state index in [-0.39, 0.29) is 0 Å². The average Bonchev–Trinajstić information content (AvgIpc) is 2.50. The van der Waals surface area contributed by atoms with E-state index < -0.39 is 0 Å². The minimum atomic E-state index is 0.651. The van der Waals surface area contributed by atoms with Crippen molar-refractivity contribution in [2.75, 3.05) is 5.73 Å². The number of nitrogens with one attached hydrogen (secondary N) is 1. The Morgan fingerprint density at radius 1 is 1.50 bits per heavy atom. The second kappa shape index (κ2) is 5.47. The minimum absolute atomic E-state index is 0.651. The molecule has 1 aromatic rings. The fraction of sp³-hybridized carbons (Fsp3) is 0.545. The van der Waals surface area contributed by atoms with Gasteiger partial charge in [-0.25, -0.2) is 0 Å². The molecule has 14 heavy (non-hydrogen) atoms. The molecule has 78 valence electrons. The van der Waals surface area contributed by atoms with Gasteiger partial charge in [0.05, 0.1) is 0 Å². The van der Waals surface area contributed by atoms with E-state index in [1.807, 2.05) is 6.08 Å². The van der Waals surface area contributed by atoms with Gasteiger partial charge in [-0.2, -0.15) is 5.10 Å². The molecule has 3 N–H and O–H groups in total. The number of anilines is 1. The molecule has 0 aliphatic rings. The molecule has 1 aromatic heterocycles. The van der Waals surface area contributed by atoms with E-state index in [0.717, 1.165) is 18.5 Å². The Bertz CT molecular complexity index is 289. The Balaban J connectivity index is 2.62. The topological polar surface area (TPSA) is 54.7 Å². The van der Waals surface area contributed by atoms with Crippen molar-refractivity contribution in [3.8, 4) is 0 Å². The number of unbranched alkanes of at least 4 members (excludes halogenated alkanes) is 2. The number of nitrogens with two attached hydrogens (primary N) is 1. The van der Waals surface area contributed by atoms with Crippen molar-refractivity contribution in [3.63, 3.8) is 0 Å². The first-order chi connectivity index (χ1) is 6.79. The summed E-state index contributed by atoms with van der Waals surface area (Å²) in [6.07, 6.45) is 7.39. The quantitative estimate of drug-likeness (QED) is 0.538. The summed E-state index contributed by atoms with van der Waals surface area (Å²) in [6.45, 7) is 5.91. The lowest BCUT2D eigenvalue weighted by Crippen LogP contribution is -1.95. The normalized spacial score (nSPS) is 10.4. The maximum Gasteiger partial charge on any atom is 0.148 e. The van der Waals surface area contributed by atoms with E-state index in [9.17, 15) is 0 Å². The molecular weight excluding hydrogens is 174 g/mol. The van der Waals surface area contributed by atoms with Crippen molar-refractivity contribution in [2.45, 2.75) is 39.0 Å². The summed E-state index contributed by atoms with van der Waals surface area (Å²) in [5.41, 5.74) is 8.08. The molecule has 0 aromatic carbocycles. The van der Waals surface area contributed by atoms with Crippen molar-refractivity contribution in [1.82, 2.24) is 10.2 Å². The third kappa shape index (κ3) is 2.62. The van der Waals surface area contributed by atoms with Gasteiger partial charge in [0.2, 0.25) is 0 Å². The minimum Gasteiger partial charge on any atom is -0.382 e. The van der Waals surface area contributed by atoms with Crippen molar-refractivity contribution < 1.29 is 0 Å². The van der Waals surface area contributed by atoms with Crippen LogP contribution in [0.3, 0.4) is 0 Å². The Labute approximate surface area is 85.4 Å². The van der Waals surface area contributed by atoms with E-state index in [1.54, 1.807) is 0 Å². The maximum absolute atomic E-state index is 5.78. The lowest BCUT2D eigenvalue weighted by atomic mass is 10.1. The second-order valence-electron chi connectivity index (χ2n) is 3.52. The second-order valence-corrected chi connectivity index (χ2v) is 3.52. The lowest BCUT2D eigenvalue weighted by Gasteiger charge is -2.01. The van der Waals surface area contributed by atoms with Crippen LogP contribution in [0.15, 0.2) is 12.7 Å². The summed E-state index contributed by atoms with van der Waals surface area (Å²) in [5.74, 6) is 0.651. The number of hydrogen-bond donors (Lipinski definition) is 2. The first kappa shape index (κ1) is 10.8. The molecule has 0 unspecified atom stereocenters. The van der Waals surface area contributed by atoms with Crippen LogP contribution in [-0.2, 0) is 12.8 Å². The summed E-state index contributed by atoms with van der Waals surface area (Å²) < 4.78 is 0. The predicted octanol–water partition coefficient (Wildman–Crippen LogP) is 2.45. The number of allylic oxidation sites excluding steroid dienone is 1. The molecule has 1 heterocycles. The Morgan fingerprint density at radius 2 is 2.29 bits per heavy atom. The zero-order chi connectivity index (χ0) is 10.4. The number of H-pyrrole nitrogens is 1. The van der Waals surface area contributed by atoms with E-state index >= 15 is 0 Å². The van der Waals surface area contributed by atoms with Gasteiger partial charge in [-0.1, -0.05) is 25.8 Å². The SMILES string of the molecule is C=CCc1[nH]nc(N)c1CCCCC. The zero-order valence-electron chi connectivity index (χ0n) is 8.84. The standard InChI is InChI=1S/C11H19N3/c1-3-5-6-8-9-10(7-4-2)13-14-11(9)12/h4H,2-3,5-8H2,1H3,(H3,12,13,14). The molecule has 0 spiro atoms. The lowest BCUT2D eigenvalue weighted by molar-refractivity contribution is 0.715. The van der Waals surface area contributed by atoms with Crippen LogP contribution in [-0.4, -0.2) is 10.2 Å². The molecule has 0 amide bonds. The van der Waals surface area contributed by atoms with Gasteiger partial charge in [-0.05, 0) is 12.8 Å². The van der Waals surface area contributed by atoms with Crippen LogP contribution in [0.1, 0.15) is 37.4 Å². The molecule has 0 radical (unpaired) electrons. The summed E-state index contributed by atoms with van der Waals surface area (Å²) in [5, 5.41) is 6.97. The van der Waals surface area contributed by atoms with Gasteiger partial charge < -0.3 is 5.73 Å². The van der Waals surface area contributed by atoms with Crippen molar-refractivity contribution in [2.24, 2.45) is 0 Å². The molecule has 3 nitrogen and oxygen atoms in total. The molecular formula is C11H19N3. The third-order valence-corrected chi connectivity index (χ3v) is 2.36. The monoisotopic (exact) mass is 193 g/mol. The highest BCUT2D eigenvalue weighted by Crippen LogP contribution is 2.17. The van der Waals surface area contributed by atoms with E-state index in [4.69, 9.17) is 5.73 Å². The van der Waals surface area contributed by atoms with E-state index in [0.29, 0.717) is 5.82 Å². The van der Waals surface area contributed by atoms with Gasteiger partial charge in [-0.3, -0.25) is 5.10 Å². The van der Waals surface area contributed by atoms with Crippen LogP contribution in [0.25, 0.3) is 0 Å². The van der Waals surface area contributed by atoms with Gasteiger partial charge >= 0.3 is 0 Å². The molecule has 0 saturated carbocycles. The highest BCUT2D eigenvalue weighted by molar-refractivity contribution is 5.42. The highest BCUT2D eigenvalue weighted by Gasteiger charge is 2.08. The Morgan fingerprint density at radius 3 is 2.93 bits per heavy atom. The van der Waals surface area contributed by atoms with Crippen LogP contribution >= 0.6 is 0 Å².